The minimum atomic E-state index is -0.0174. The Morgan fingerprint density at radius 1 is 1.07 bits per heavy atom. The van der Waals surface area contributed by atoms with E-state index >= 15 is 0 Å². The van der Waals surface area contributed by atoms with E-state index in [2.05, 4.69) is 41.7 Å². The van der Waals surface area contributed by atoms with Gasteiger partial charge in [0.15, 0.2) is 0 Å². The second-order valence-electron chi connectivity index (χ2n) is 7.96. The molecule has 1 fully saturated rings. The SMILES string of the molecule is O=C(Nc1c2c(cc3c1OCC3)OCC2)N1CCC(Cc2ccccc2)CC1. The quantitative estimate of drug-likeness (QED) is 0.877. The van der Waals surface area contributed by atoms with Crippen LogP contribution in [0.5, 0.6) is 11.5 Å². The summed E-state index contributed by atoms with van der Waals surface area (Å²) >= 11 is 0. The third-order valence-electron chi connectivity index (χ3n) is 6.15. The van der Waals surface area contributed by atoms with E-state index < -0.39 is 0 Å². The van der Waals surface area contributed by atoms with Gasteiger partial charge in [-0.3, -0.25) is 0 Å². The van der Waals surface area contributed by atoms with Crippen LogP contribution in [0.1, 0.15) is 29.5 Å². The lowest BCUT2D eigenvalue weighted by atomic mass is 9.90. The fourth-order valence-corrected chi connectivity index (χ4v) is 4.59. The molecular formula is C23H26N2O3. The number of hydrogen-bond acceptors (Lipinski definition) is 3. The van der Waals surface area contributed by atoms with Gasteiger partial charge in [0.05, 0.1) is 18.9 Å². The molecule has 5 rings (SSSR count). The molecule has 5 nitrogen and oxygen atoms in total. The van der Waals surface area contributed by atoms with E-state index in [-0.39, 0.29) is 6.03 Å². The Kier molecular flexibility index (Phi) is 4.59. The predicted octanol–water partition coefficient (Wildman–Crippen LogP) is 4.04. The maximum atomic E-state index is 13.0. The van der Waals surface area contributed by atoms with Gasteiger partial charge in [-0.15, -0.1) is 0 Å². The van der Waals surface area contributed by atoms with Crippen molar-refractivity contribution in [2.24, 2.45) is 5.92 Å². The lowest BCUT2D eigenvalue weighted by Crippen LogP contribution is -2.41. The zero-order valence-corrected chi connectivity index (χ0v) is 16.1. The molecule has 3 aliphatic heterocycles. The number of fused-ring (bicyclic) bond motifs is 2. The van der Waals surface area contributed by atoms with E-state index in [0.717, 1.165) is 73.5 Å². The molecule has 2 amide bonds. The number of amides is 2. The summed E-state index contributed by atoms with van der Waals surface area (Å²) in [5, 5.41) is 3.16. The van der Waals surface area contributed by atoms with Crippen molar-refractivity contribution in [1.29, 1.82) is 0 Å². The van der Waals surface area contributed by atoms with Crippen LogP contribution in [0.25, 0.3) is 0 Å². The first kappa shape index (κ1) is 17.4. The molecule has 1 saturated heterocycles. The largest absolute Gasteiger partial charge is 0.493 e. The highest BCUT2D eigenvalue weighted by Crippen LogP contribution is 2.44. The molecule has 28 heavy (non-hydrogen) atoms. The molecule has 3 aliphatic rings. The molecule has 2 aromatic carbocycles. The Bertz CT molecular complexity index is 841. The summed E-state index contributed by atoms with van der Waals surface area (Å²) in [6.07, 6.45) is 4.89. The number of nitrogens with zero attached hydrogens (tertiary/aromatic N) is 1. The molecule has 0 spiro atoms. The van der Waals surface area contributed by atoms with E-state index in [1.54, 1.807) is 0 Å². The molecule has 0 aliphatic carbocycles. The summed E-state index contributed by atoms with van der Waals surface area (Å²) in [5.74, 6) is 2.39. The fourth-order valence-electron chi connectivity index (χ4n) is 4.59. The van der Waals surface area contributed by atoms with E-state index in [4.69, 9.17) is 9.47 Å². The number of hydrogen-bond donors (Lipinski definition) is 1. The van der Waals surface area contributed by atoms with Crippen molar-refractivity contribution in [2.75, 3.05) is 31.6 Å². The maximum absolute atomic E-state index is 13.0. The van der Waals surface area contributed by atoms with Crippen molar-refractivity contribution in [3.8, 4) is 11.5 Å². The van der Waals surface area contributed by atoms with Crippen LogP contribution < -0.4 is 14.8 Å². The number of carbonyl (C=O) groups excluding carboxylic acids is 1. The average Bonchev–Trinajstić information content (AvgIpc) is 3.38. The highest BCUT2D eigenvalue weighted by molar-refractivity contribution is 5.93. The van der Waals surface area contributed by atoms with Crippen LogP contribution in [-0.2, 0) is 19.3 Å². The zero-order chi connectivity index (χ0) is 18.9. The van der Waals surface area contributed by atoms with Gasteiger partial charge in [-0.1, -0.05) is 30.3 Å². The first-order chi connectivity index (χ1) is 13.8. The predicted molar refractivity (Wildman–Crippen MR) is 108 cm³/mol. The van der Waals surface area contributed by atoms with E-state index in [9.17, 15) is 4.79 Å². The van der Waals surface area contributed by atoms with Crippen molar-refractivity contribution in [2.45, 2.75) is 32.1 Å². The summed E-state index contributed by atoms with van der Waals surface area (Å²) in [6.45, 7) is 2.95. The number of nitrogens with one attached hydrogen (secondary N) is 1. The number of benzene rings is 2. The van der Waals surface area contributed by atoms with Gasteiger partial charge in [0.1, 0.15) is 11.5 Å². The van der Waals surface area contributed by atoms with Crippen molar-refractivity contribution in [3.63, 3.8) is 0 Å². The van der Waals surface area contributed by atoms with Crippen LogP contribution in [0.4, 0.5) is 10.5 Å². The van der Waals surface area contributed by atoms with Crippen LogP contribution in [0.3, 0.4) is 0 Å². The van der Waals surface area contributed by atoms with Gasteiger partial charge in [0.2, 0.25) is 0 Å². The third kappa shape index (κ3) is 3.30. The molecule has 0 atom stereocenters. The van der Waals surface area contributed by atoms with E-state index in [0.29, 0.717) is 19.1 Å². The molecule has 3 heterocycles. The summed E-state index contributed by atoms with van der Waals surface area (Å²) < 4.78 is 11.6. The van der Waals surface area contributed by atoms with Gasteiger partial charge in [-0.25, -0.2) is 4.79 Å². The van der Waals surface area contributed by atoms with Gasteiger partial charge in [-0.2, -0.15) is 0 Å². The number of ether oxygens (including phenoxy) is 2. The Labute approximate surface area is 165 Å². The molecule has 0 aromatic heterocycles. The van der Waals surface area contributed by atoms with Gasteiger partial charge in [0, 0.05) is 37.1 Å². The molecule has 0 radical (unpaired) electrons. The number of urea groups is 1. The van der Waals surface area contributed by atoms with Gasteiger partial charge in [0.25, 0.3) is 0 Å². The smallest absolute Gasteiger partial charge is 0.321 e. The molecular weight excluding hydrogens is 352 g/mol. The first-order valence-electron chi connectivity index (χ1n) is 10.3. The lowest BCUT2D eigenvalue weighted by Gasteiger charge is -2.32. The Morgan fingerprint density at radius 2 is 1.86 bits per heavy atom. The van der Waals surface area contributed by atoms with Gasteiger partial charge in [-0.05, 0) is 36.8 Å². The summed E-state index contributed by atoms with van der Waals surface area (Å²) in [7, 11) is 0. The van der Waals surface area contributed by atoms with Crippen LogP contribution >= 0.6 is 0 Å². The number of piperidine rings is 1. The number of anilines is 1. The van der Waals surface area contributed by atoms with E-state index in [1.807, 2.05) is 4.90 Å². The summed E-state index contributed by atoms with van der Waals surface area (Å²) in [5.41, 5.74) is 4.43. The minimum Gasteiger partial charge on any atom is -0.493 e. The minimum absolute atomic E-state index is 0.0174. The topological polar surface area (TPSA) is 50.8 Å². The molecule has 0 bridgehead atoms. The fraction of sp³-hybridized carbons (Fsp3) is 0.435. The van der Waals surface area contributed by atoms with Crippen LogP contribution in [0.2, 0.25) is 0 Å². The van der Waals surface area contributed by atoms with Crippen molar-refractivity contribution in [1.82, 2.24) is 4.90 Å². The maximum Gasteiger partial charge on any atom is 0.321 e. The second-order valence-corrected chi connectivity index (χ2v) is 7.96. The summed E-state index contributed by atoms with van der Waals surface area (Å²) in [6, 6.07) is 12.7. The monoisotopic (exact) mass is 378 g/mol. The Morgan fingerprint density at radius 3 is 2.68 bits per heavy atom. The number of rotatable bonds is 3. The highest BCUT2D eigenvalue weighted by atomic mass is 16.5. The van der Waals surface area contributed by atoms with Crippen LogP contribution in [0, 0.1) is 5.92 Å². The summed E-state index contributed by atoms with van der Waals surface area (Å²) in [4.78, 5) is 14.9. The van der Waals surface area contributed by atoms with Crippen LogP contribution in [-0.4, -0.2) is 37.2 Å². The van der Waals surface area contributed by atoms with Gasteiger partial charge < -0.3 is 19.7 Å². The number of carbonyl (C=O) groups is 1. The first-order valence-corrected chi connectivity index (χ1v) is 10.3. The molecule has 2 aromatic rings. The zero-order valence-electron chi connectivity index (χ0n) is 16.1. The molecule has 0 saturated carbocycles. The molecule has 5 heteroatoms. The molecule has 146 valence electrons. The number of likely N-dealkylation sites (tertiary alicyclic amines) is 1. The average molecular weight is 378 g/mol. The standard InChI is InChI=1S/C23H26N2O3/c26-23(25-10-6-17(7-11-25)14-16-4-2-1-3-5-16)24-21-19-9-13-27-20(19)15-18-8-12-28-22(18)21/h1-5,15,17H,6-14H2,(H,24,26). The normalized spacial score (nSPS) is 18.2. The van der Waals surface area contributed by atoms with Crippen molar-refractivity contribution >= 4 is 11.7 Å². The van der Waals surface area contributed by atoms with Crippen LogP contribution in [0.15, 0.2) is 36.4 Å². The van der Waals surface area contributed by atoms with E-state index in [1.165, 1.54) is 5.56 Å². The molecule has 0 unspecified atom stereocenters. The molecule has 1 N–H and O–H groups in total. The third-order valence-corrected chi connectivity index (χ3v) is 6.15. The Balaban J connectivity index is 1.24. The van der Waals surface area contributed by atoms with Gasteiger partial charge >= 0.3 is 6.03 Å². The van der Waals surface area contributed by atoms with Crippen molar-refractivity contribution < 1.29 is 14.3 Å². The Hall–Kier alpha value is -2.69. The lowest BCUT2D eigenvalue weighted by molar-refractivity contribution is 0.182. The second kappa shape index (κ2) is 7.38. The van der Waals surface area contributed by atoms with Crippen molar-refractivity contribution in [3.05, 3.63) is 53.1 Å². The highest BCUT2D eigenvalue weighted by Gasteiger charge is 2.29.